The summed E-state index contributed by atoms with van der Waals surface area (Å²) in [6.45, 7) is 1.00. The summed E-state index contributed by atoms with van der Waals surface area (Å²) in [4.78, 5) is 0. The lowest BCUT2D eigenvalue weighted by molar-refractivity contribution is 0.459. The van der Waals surface area contributed by atoms with Crippen LogP contribution in [0.3, 0.4) is 0 Å². The van der Waals surface area contributed by atoms with Crippen molar-refractivity contribution in [3.63, 3.8) is 0 Å². The molecule has 1 aromatic carbocycles. The van der Waals surface area contributed by atoms with Crippen molar-refractivity contribution >= 4 is 15.9 Å². The number of halogens is 1. The van der Waals surface area contributed by atoms with Crippen molar-refractivity contribution in [3.05, 3.63) is 34.3 Å². The van der Waals surface area contributed by atoms with E-state index in [9.17, 15) is 0 Å². The Balaban J connectivity index is 1.81. The minimum absolute atomic E-state index is 0.737. The molecule has 1 aliphatic carbocycles. The molecule has 0 bridgehead atoms. The molecule has 2 heteroatoms. The Morgan fingerprint density at radius 3 is 2.56 bits per heavy atom. The smallest absolute Gasteiger partial charge is 0.0208 e. The highest BCUT2D eigenvalue weighted by molar-refractivity contribution is 9.10. The van der Waals surface area contributed by atoms with E-state index in [-0.39, 0.29) is 0 Å². The van der Waals surface area contributed by atoms with Gasteiger partial charge in [-0.3, -0.25) is 0 Å². The zero-order chi connectivity index (χ0) is 11.2. The highest BCUT2D eigenvalue weighted by atomic mass is 79.9. The fraction of sp³-hybridized carbons (Fsp3) is 0.571. The molecule has 2 rings (SSSR count). The van der Waals surface area contributed by atoms with Gasteiger partial charge in [-0.1, -0.05) is 53.7 Å². The Morgan fingerprint density at radius 1 is 1.12 bits per heavy atom. The quantitative estimate of drug-likeness (QED) is 0.817. The molecule has 1 fully saturated rings. The molecule has 0 saturated heterocycles. The van der Waals surface area contributed by atoms with E-state index in [0.717, 1.165) is 12.6 Å². The molecule has 1 saturated carbocycles. The van der Waals surface area contributed by atoms with E-state index in [1.54, 1.807) is 0 Å². The molecular weight excluding hydrogens is 262 g/mol. The highest BCUT2D eigenvalue weighted by Gasteiger charge is 2.10. The Labute approximate surface area is 107 Å². The maximum absolute atomic E-state index is 3.68. The van der Waals surface area contributed by atoms with E-state index in [4.69, 9.17) is 0 Å². The van der Waals surface area contributed by atoms with Crippen molar-refractivity contribution in [2.45, 2.75) is 51.1 Å². The molecule has 1 aromatic rings. The van der Waals surface area contributed by atoms with Crippen molar-refractivity contribution in [2.75, 3.05) is 0 Å². The minimum atomic E-state index is 0.737. The van der Waals surface area contributed by atoms with Gasteiger partial charge in [-0.05, 0) is 30.5 Å². The number of benzene rings is 1. The molecule has 0 radical (unpaired) electrons. The van der Waals surface area contributed by atoms with Crippen molar-refractivity contribution in [3.8, 4) is 0 Å². The summed E-state index contributed by atoms with van der Waals surface area (Å²) in [5, 5.41) is 3.68. The van der Waals surface area contributed by atoms with Gasteiger partial charge in [0, 0.05) is 17.1 Å². The van der Waals surface area contributed by atoms with Gasteiger partial charge in [0.05, 0.1) is 0 Å². The average molecular weight is 282 g/mol. The van der Waals surface area contributed by atoms with Gasteiger partial charge in [0.15, 0.2) is 0 Å². The van der Waals surface area contributed by atoms with Crippen LogP contribution in [-0.2, 0) is 6.54 Å². The first kappa shape index (κ1) is 12.1. The number of rotatable bonds is 3. The van der Waals surface area contributed by atoms with Crippen LogP contribution in [-0.4, -0.2) is 6.04 Å². The maximum Gasteiger partial charge on any atom is 0.0208 e. The Bertz CT molecular complexity index is 316. The fourth-order valence-electron chi connectivity index (χ4n) is 2.39. The number of nitrogens with one attached hydrogen (secondary N) is 1. The van der Waals surface area contributed by atoms with Gasteiger partial charge in [0.2, 0.25) is 0 Å². The molecule has 1 aliphatic rings. The van der Waals surface area contributed by atoms with Crippen LogP contribution in [0.1, 0.15) is 44.1 Å². The Hall–Kier alpha value is -0.340. The SMILES string of the molecule is Brc1cccc(CNC2CCCCCC2)c1. The van der Waals surface area contributed by atoms with E-state index in [1.807, 2.05) is 0 Å². The van der Waals surface area contributed by atoms with Crippen molar-refractivity contribution in [1.82, 2.24) is 5.32 Å². The van der Waals surface area contributed by atoms with E-state index in [2.05, 4.69) is 45.5 Å². The molecular formula is C14H20BrN. The van der Waals surface area contributed by atoms with Crippen LogP contribution in [0.25, 0.3) is 0 Å². The molecule has 0 heterocycles. The van der Waals surface area contributed by atoms with Crippen LogP contribution in [0.5, 0.6) is 0 Å². The van der Waals surface area contributed by atoms with Crippen LogP contribution < -0.4 is 5.32 Å². The predicted octanol–water partition coefficient (Wildman–Crippen LogP) is 4.26. The number of hydrogen-bond acceptors (Lipinski definition) is 1. The monoisotopic (exact) mass is 281 g/mol. The lowest BCUT2D eigenvalue weighted by Gasteiger charge is -2.16. The van der Waals surface area contributed by atoms with E-state index in [1.165, 1.54) is 48.6 Å². The predicted molar refractivity (Wildman–Crippen MR) is 72.5 cm³/mol. The third-order valence-corrected chi connectivity index (χ3v) is 3.83. The first-order valence-corrected chi connectivity index (χ1v) is 7.12. The van der Waals surface area contributed by atoms with Gasteiger partial charge >= 0.3 is 0 Å². The molecule has 0 spiro atoms. The molecule has 16 heavy (non-hydrogen) atoms. The summed E-state index contributed by atoms with van der Waals surface area (Å²) in [6.07, 6.45) is 8.36. The molecule has 0 aromatic heterocycles. The molecule has 0 unspecified atom stereocenters. The second-order valence-corrected chi connectivity index (χ2v) is 5.61. The summed E-state index contributed by atoms with van der Waals surface area (Å²) in [5.74, 6) is 0. The lowest BCUT2D eigenvalue weighted by atomic mass is 10.1. The normalized spacial score (nSPS) is 18.3. The van der Waals surface area contributed by atoms with Gasteiger partial charge in [-0.25, -0.2) is 0 Å². The Kier molecular flexibility index (Phi) is 4.86. The zero-order valence-corrected chi connectivity index (χ0v) is 11.3. The van der Waals surface area contributed by atoms with Gasteiger partial charge in [0.25, 0.3) is 0 Å². The summed E-state index contributed by atoms with van der Waals surface area (Å²) < 4.78 is 1.17. The molecule has 0 atom stereocenters. The average Bonchev–Trinajstić information content (AvgIpc) is 2.55. The van der Waals surface area contributed by atoms with Crippen molar-refractivity contribution < 1.29 is 0 Å². The minimum Gasteiger partial charge on any atom is -0.310 e. The van der Waals surface area contributed by atoms with Crippen molar-refractivity contribution in [1.29, 1.82) is 0 Å². The summed E-state index contributed by atoms with van der Waals surface area (Å²) in [7, 11) is 0. The zero-order valence-electron chi connectivity index (χ0n) is 9.71. The maximum atomic E-state index is 3.68. The van der Waals surface area contributed by atoms with E-state index in [0.29, 0.717) is 0 Å². The summed E-state index contributed by atoms with van der Waals surface area (Å²) >= 11 is 3.51. The topological polar surface area (TPSA) is 12.0 Å². The van der Waals surface area contributed by atoms with Gasteiger partial charge in [-0.2, -0.15) is 0 Å². The highest BCUT2D eigenvalue weighted by Crippen LogP contribution is 2.18. The van der Waals surface area contributed by atoms with Gasteiger partial charge < -0.3 is 5.32 Å². The second-order valence-electron chi connectivity index (χ2n) is 4.70. The van der Waals surface area contributed by atoms with Crippen LogP contribution in [0.2, 0.25) is 0 Å². The second kappa shape index (κ2) is 6.41. The fourth-order valence-corrected chi connectivity index (χ4v) is 2.84. The van der Waals surface area contributed by atoms with E-state index >= 15 is 0 Å². The standard InChI is InChI=1S/C14H20BrN/c15-13-7-5-6-12(10-13)11-16-14-8-3-1-2-4-9-14/h5-7,10,14,16H,1-4,8-9,11H2. The van der Waals surface area contributed by atoms with Crippen LogP contribution in [0.15, 0.2) is 28.7 Å². The van der Waals surface area contributed by atoms with Crippen LogP contribution in [0, 0.1) is 0 Å². The molecule has 1 nitrogen and oxygen atoms in total. The molecule has 0 amide bonds. The largest absolute Gasteiger partial charge is 0.310 e. The van der Waals surface area contributed by atoms with Gasteiger partial charge in [0.1, 0.15) is 0 Å². The molecule has 0 aliphatic heterocycles. The molecule has 1 N–H and O–H groups in total. The molecule has 88 valence electrons. The summed E-state index contributed by atoms with van der Waals surface area (Å²) in [5.41, 5.74) is 1.37. The van der Waals surface area contributed by atoms with Gasteiger partial charge in [-0.15, -0.1) is 0 Å². The van der Waals surface area contributed by atoms with E-state index < -0.39 is 0 Å². The van der Waals surface area contributed by atoms with Crippen LogP contribution in [0.4, 0.5) is 0 Å². The van der Waals surface area contributed by atoms with Crippen LogP contribution >= 0.6 is 15.9 Å². The third kappa shape index (κ3) is 3.91. The number of hydrogen-bond donors (Lipinski definition) is 1. The lowest BCUT2D eigenvalue weighted by Crippen LogP contribution is -2.27. The van der Waals surface area contributed by atoms with Crippen molar-refractivity contribution in [2.24, 2.45) is 0 Å². The third-order valence-electron chi connectivity index (χ3n) is 3.34. The first-order chi connectivity index (χ1) is 7.84. The first-order valence-electron chi connectivity index (χ1n) is 6.32. The summed E-state index contributed by atoms with van der Waals surface area (Å²) in [6, 6.07) is 9.31. The Morgan fingerprint density at radius 2 is 1.88 bits per heavy atom.